The molecule has 0 unspecified atom stereocenters. The normalized spacial score (nSPS) is 34.6. The molecule has 0 aromatic rings. The van der Waals surface area contributed by atoms with E-state index < -0.39 is 18.2 Å². The summed E-state index contributed by atoms with van der Waals surface area (Å²) in [5, 5.41) is 8.93. The van der Waals surface area contributed by atoms with Crippen LogP contribution < -0.4 is 0 Å². The van der Waals surface area contributed by atoms with E-state index in [4.69, 9.17) is 5.11 Å². The number of halogens is 3. The molecule has 1 aliphatic heterocycles. The Morgan fingerprint density at radius 1 is 1.36 bits per heavy atom. The fourth-order valence-electron chi connectivity index (χ4n) is 1.30. The second-order valence-corrected chi connectivity index (χ2v) is 2.94. The summed E-state index contributed by atoms with van der Waals surface area (Å²) in [4.78, 5) is 1.48. The second-order valence-electron chi connectivity index (χ2n) is 2.94. The van der Waals surface area contributed by atoms with Gasteiger partial charge in [0.15, 0.2) is 0 Å². The van der Waals surface area contributed by atoms with Crippen molar-refractivity contribution in [3.05, 3.63) is 0 Å². The van der Waals surface area contributed by atoms with Crippen LogP contribution in [-0.2, 0) is 0 Å². The molecule has 0 amide bonds. The Morgan fingerprint density at radius 3 is 2.09 bits per heavy atom. The Morgan fingerprint density at radius 2 is 1.91 bits per heavy atom. The molecule has 0 radical (unpaired) electrons. The minimum atomic E-state index is -4.26. The van der Waals surface area contributed by atoms with E-state index in [0.717, 1.165) is 0 Å². The Balaban J connectivity index is 2.60. The molecular weight excluding hydrogens is 159 g/mol. The first-order valence-electron chi connectivity index (χ1n) is 3.34. The SMILES string of the molecule is CN1C[C@@H](O)[C@H](C(F)(F)F)C1. The van der Waals surface area contributed by atoms with Crippen molar-refractivity contribution in [1.29, 1.82) is 0 Å². The molecule has 0 saturated carbocycles. The molecule has 0 aliphatic carbocycles. The number of alkyl halides is 3. The summed E-state index contributed by atoms with van der Waals surface area (Å²) >= 11 is 0. The van der Waals surface area contributed by atoms with Crippen LogP contribution in [-0.4, -0.2) is 42.4 Å². The molecule has 0 aromatic carbocycles. The summed E-state index contributed by atoms with van der Waals surface area (Å²) in [6, 6.07) is 0. The van der Waals surface area contributed by atoms with Gasteiger partial charge < -0.3 is 10.0 Å². The number of hydrogen-bond donors (Lipinski definition) is 1. The number of hydrogen-bond acceptors (Lipinski definition) is 2. The first-order valence-corrected chi connectivity index (χ1v) is 3.34. The van der Waals surface area contributed by atoms with Gasteiger partial charge in [0, 0.05) is 13.1 Å². The Kier molecular flexibility index (Phi) is 2.11. The van der Waals surface area contributed by atoms with Crippen LogP contribution in [0.5, 0.6) is 0 Å². The molecule has 5 heteroatoms. The minimum Gasteiger partial charge on any atom is -0.391 e. The van der Waals surface area contributed by atoms with Crippen molar-refractivity contribution in [2.24, 2.45) is 5.92 Å². The molecule has 0 spiro atoms. The van der Waals surface area contributed by atoms with Crippen LogP contribution in [0.15, 0.2) is 0 Å². The lowest BCUT2D eigenvalue weighted by Gasteiger charge is -2.16. The second kappa shape index (κ2) is 2.64. The molecule has 1 saturated heterocycles. The molecule has 1 N–H and O–H groups in total. The molecule has 2 nitrogen and oxygen atoms in total. The smallest absolute Gasteiger partial charge is 0.391 e. The summed E-state index contributed by atoms with van der Waals surface area (Å²) in [5.41, 5.74) is 0. The van der Waals surface area contributed by atoms with Crippen LogP contribution >= 0.6 is 0 Å². The minimum absolute atomic E-state index is 0.0926. The summed E-state index contributed by atoms with van der Waals surface area (Å²) < 4.78 is 36.0. The molecule has 1 rings (SSSR count). The average Bonchev–Trinajstić information content (AvgIpc) is 2.08. The van der Waals surface area contributed by atoms with Crippen LogP contribution in [0.2, 0.25) is 0 Å². The maximum atomic E-state index is 12.0. The Hall–Kier alpha value is -0.290. The molecule has 1 aliphatic rings. The van der Waals surface area contributed by atoms with Gasteiger partial charge >= 0.3 is 6.18 Å². The highest BCUT2D eigenvalue weighted by Gasteiger charge is 2.48. The molecule has 0 aromatic heterocycles. The number of aliphatic hydroxyl groups is 1. The third-order valence-electron chi connectivity index (χ3n) is 1.89. The van der Waals surface area contributed by atoms with E-state index >= 15 is 0 Å². The lowest BCUT2D eigenvalue weighted by atomic mass is 10.1. The van der Waals surface area contributed by atoms with Crippen molar-refractivity contribution >= 4 is 0 Å². The maximum absolute atomic E-state index is 12.0. The zero-order valence-electron chi connectivity index (χ0n) is 6.10. The number of likely N-dealkylation sites (tertiary alicyclic amines) is 1. The Bertz CT molecular complexity index is 147. The first kappa shape index (κ1) is 8.80. The fourth-order valence-corrected chi connectivity index (χ4v) is 1.30. The van der Waals surface area contributed by atoms with Gasteiger partial charge in [0.05, 0.1) is 12.0 Å². The number of aliphatic hydroxyl groups excluding tert-OH is 1. The lowest BCUT2D eigenvalue weighted by Crippen LogP contribution is -2.32. The van der Waals surface area contributed by atoms with E-state index in [1.807, 2.05) is 0 Å². The summed E-state index contributed by atoms with van der Waals surface area (Å²) in [7, 11) is 1.56. The highest BCUT2D eigenvalue weighted by Crippen LogP contribution is 2.32. The van der Waals surface area contributed by atoms with E-state index in [-0.39, 0.29) is 13.1 Å². The zero-order chi connectivity index (χ0) is 8.65. The summed E-state index contributed by atoms with van der Waals surface area (Å²) in [6.07, 6.45) is -5.51. The number of nitrogens with zero attached hydrogens (tertiary/aromatic N) is 1. The van der Waals surface area contributed by atoms with Gasteiger partial charge in [-0.05, 0) is 7.05 Å². The van der Waals surface area contributed by atoms with E-state index in [2.05, 4.69) is 0 Å². The maximum Gasteiger partial charge on any atom is 0.395 e. The monoisotopic (exact) mass is 169 g/mol. The van der Waals surface area contributed by atoms with Gasteiger partial charge in [0.25, 0.3) is 0 Å². The standard InChI is InChI=1S/C6H10F3NO/c1-10-2-4(5(11)3-10)6(7,8)9/h4-5,11H,2-3H2,1H3/t4-,5-/m1/s1. The van der Waals surface area contributed by atoms with Crippen molar-refractivity contribution < 1.29 is 18.3 Å². The average molecular weight is 169 g/mol. The predicted molar refractivity (Wildman–Crippen MR) is 33.0 cm³/mol. The van der Waals surface area contributed by atoms with Gasteiger partial charge in [0.1, 0.15) is 0 Å². The molecule has 2 atom stereocenters. The molecule has 66 valence electrons. The third kappa shape index (κ3) is 1.84. The van der Waals surface area contributed by atoms with Crippen molar-refractivity contribution in [2.45, 2.75) is 12.3 Å². The molecule has 11 heavy (non-hydrogen) atoms. The van der Waals surface area contributed by atoms with Gasteiger partial charge in [-0.2, -0.15) is 13.2 Å². The number of rotatable bonds is 0. The predicted octanol–water partition coefficient (Wildman–Crippen LogP) is 0.471. The zero-order valence-corrected chi connectivity index (χ0v) is 6.10. The van der Waals surface area contributed by atoms with Crippen LogP contribution in [0.25, 0.3) is 0 Å². The number of likely N-dealkylation sites (N-methyl/N-ethyl adjacent to an activating group) is 1. The third-order valence-corrected chi connectivity index (χ3v) is 1.89. The van der Waals surface area contributed by atoms with Gasteiger partial charge in [-0.25, -0.2) is 0 Å². The van der Waals surface area contributed by atoms with Crippen molar-refractivity contribution in [3.8, 4) is 0 Å². The van der Waals surface area contributed by atoms with Gasteiger partial charge in [-0.3, -0.25) is 0 Å². The van der Waals surface area contributed by atoms with Crippen molar-refractivity contribution in [1.82, 2.24) is 4.90 Å². The summed E-state index contributed by atoms with van der Waals surface area (Å²) in [5.74, 6) is -1.56. The molecule has 1 fully saturated rings. The van der Waals surface area contributed by atoms with Gasteiger partial charge in [-0.15, -0.1) is 0 Å². The largest absolute Gasteiger partial charge is 0.395 e. The fraction of sp³-hybridized carbons (Fsp3) is 1.00. The quantitative estimate of drug-likeness (QED) is 0.569. The van der Waals surface area contributed by atoms with E-state index in [0.29, 0.717) is 0 Å². The van der Waals surface area contributed by atoms with Crippen LogP contribution in [0.4, 0.5) is 13.2 Å². The van der Waals surface area contributed by atoms with Crippen LogP contribution in [0.3, 0.4) is 0 Å². The summed E-state index contributed by atoms with van der Waals surface area (Å²) in [6.45, 7) is 0.0227. The van der Waals surface area contributed by atoms with E-state index in [1.165, 1.54) is 4.90 Å². The van der Waals surface area contributed by atoms with Crippen molar-refractivity contribution in [3.63, 3.8) is 0 Å². The first-order chi connectivity index (χ1) is 4.91. The molecule has 1 heterocycles. The Labute approximate surface area is 62.6 Å². The van der Waals surface area contributed by atoms with E-state index in [1.54, 1.807) is 7.05 Å². The van der Waals surface area contributed by atoms with Gasteiger partial charge in [0.2, 0.25) is 0 Å². The van der Waals surface area contributed by atoms with Crippen LogP contribution in [0.1, 0.15) is 0 Å². The highest BCUT2D eigenvalue weighted by molar-refractivity contribution is 4.86. The van der Waals surface area contributed by atoms with Gasteiger partial charge in [-0.1, -0.05) is 0 Å². The topological polar surface area (TPSA) is 23.5 Å². The lowest BCUT2D eigenvalue weighted by molar-refractivity contribution is -0.188. The number of β-amino-alcohol motifs (C(OH)–C–C–N with tert-alkyl or cyclic N) is 1. The molecular formula is C6H10F3NO. The van der Waals surface area contributed by atoms with E-state index in [9.17, 15) is 13.2 Å². The molecule has 0 bridgehead atoms. The highest BCUT2D eigenvalue weighted by atomic mass is 19.4. The van der Waals surface area contributed by atoms with Crippen LogP contribution in [0, 0.1) is 5.92 Å². The van der Waals surface area contributed by atoms with Crippen molar-refractivity contribution in [2.75, 3.05) is 20.1 Å².